The van der Waals surface area contributed by atoms with Crippen LogP contribution >= 0.6 is 23.3 Å². The Bertz CT molecular complexity index is 539. The smallest absolute Gasteiger partial charge is 0.314 e. The van der Waals surface area contributed by atoms with E-state index in [2.05, 4.69) is 19.8 Å². The van der Waals surface area contributed by atoms with Gasteiger partial charge in [0.15, 0.2) is 0 Å². The maximum absolute atomic E-state index is 10.4. The summed E-state index contributed by atoms with van der Waals surface area (Å²) in [5.74, 6) is -0.683. The number of carboxylic acids is 1. The van der Waals surface area contributed by atoms with E-state index in [1.807, 2.05) is 6.92 Å². The minimum Gasteiger partial charge on any atom is -0.481 e. The number of carboxylic acid groups (broad SMARTS) is 1. The van der Waals surface area contributed by atoms with Crippen LogP contribution in [0.4, 0.5) is 0 Å². The monoisotopic (exact) mass is 286 g/mol. The van der Waals surface area contributed by atoms with E-state index in [9.17, 15) is 4.79 Å². The number of aromatic nitrogens is 4. The van der Waals surface area contributed by atoms with Crippen molar-refractivity contribution in [3.05, 3.63) is 5.69 Å². The molecule has 0 aliphatic heterocycles. The highest BCUT2D eigenvalue weighted by Gasteiger charge is 2.17. The Balaban J connectivity index is 2.13. The fourth-order valence-electron chi connectivity index (χ4n) is 1.25. The van der Waals surface area contributed by atoms with Gasteiger partial charge in [-0.25, -0.2) is 0 Å². The number of aryl methyl sites for hydroxylation is 1. The molecule has 0 fully saturated rings. The summed E-state index contributed by atoms with van der Waals surface area (Å²) >= 11 is 2.19. The number of thioether (sulfide) groups is 1. The number of hydrogen-bond donors (Lipinski definition) is 1. The van der Waals surface area contributed by atoms with Crippen molar-refractivity contribution in [2.45, 2.75) is 25.0 Å². The average molecular weight is 286 g/mol. The van der Waals surface area contributed by atoms with Gasteiger partial charge in [0.1, 0.15) is 10.6 Å². The van der Waals surface area contributed by atoms with Gasteiger partial charge in [0, 0.05) is 0 Å². The molecule has 0 aliphatic rings. The third-order valence-electron chi connectivity index (χ3n) is 1.96. The van der Waals surface area contributed by atoms with Crippen LogP contribution in [0.3, 0.4) is 0 Å². The second-order valence-electron chi connectivity index (χ2n) is 3.35. The quantitative estimate of drug-likeness (QED) is 0.801. The summed E-state index contributed by atoms with van der Waals surface area (Å²) in [5.41, 5.74) is 0.834. The maximum atomic E-state index is 10.4. The van der Waals surface area contributed by atoms with E-state index in [1.165, 1.54) is 11.5 Å². The molecule has 0 atom stereocenters. The molecular weight excluding hydrogens is 276 g/mol. The predicted octanol–water partition coefficient (Wildman–Crippen LogP) is 1.72. The number of nitrogens with zero attached hydrogens (tertiary/aromatic N) is 4. The third kappa shape index (κ3) is 3.05. The summed E-state index contributed by atoms with van der Waals surface area (Å²) in [7, 11) is 0. The molecule has 7 nitrogen and oxygen atoms in total. The van der Waals surface area contributed by atoms with Crippen molar-refractivity contribution in [3.63, 3.8) is 0 Å². The van der Waals surface area contributed by atoms with Crippen LogP contribution in [0, 0.1) is 0 Å². The van der Waals surface area contributed by atoms with E-state index >= 15 is 0 Å². The Labute approximate surface area is 111 Å². The van der Waals surface area contributed by atoms with Gasteiger partial charge in [0.25, 0.3) is 11.1 Å². The van der Waals surface area contributed by atoms with Gasteiger partial charge in [-0.2, -0.15) is 0 Å². The van der Waals surface area contributed by atoms with Crippen LogP contribution in [0.1, 0.15) is 19.0 Å². The first kappa shape index (κ1) is 13.0. The first-order valence-electron chi connectivity index (χ1n) is 5.20. The molecule has 1 N–H and O–H groups in total. The summed E-state index contributed by atoms with van der Waals surface area (Å²) in [4.78, 5) is 11.2. The summed E-state index contributed by atoms with van der Waals surface area (Å²) in [6.45, 7) is 2.05. The summed E-state index contributed by atoms with van der Waals surface area (Å²) in [6.07, 6.45) is 1.75. The minimum atomic E-state index is -0.925. The van der Waals surface area contributed by atoms with Crippen molar-refractivity contribution in [1.29, 1.82) is 0 Å². The lowest BCUT2D eigenvalue weighted by atomic mass is 10.2. The second kappa shape index (κ2) is 5.91. The zero-order valence-corrected chi connectivity index (χ0v) is 11.1. The Morgan fingerprint density at radius 3 is 3.00 bits per heavy atom. The van der Waals surface area contributed by atoms with Gasteiger partial charge in [0.2, 0.25) is 0 Å². The van der Waals surface area contributed by atoms with Crippen LogP contribution in [0.15, 0.2) is 9.64 Å². The number of aliphatic carboxylic acids is 1. The van der Waals surface area contributed by atoms with Crippen LogP contribution in [-0.4, -0.2) is 36.6 Å². The molecule has 0 bridgehead atoms. The van der Waals surface area contributed by atoms with E-state index in [-0.39, 0.29) is 11.0 Å². The van der Waals surface area contributed by atoms with Crippen LogP contribution in [-0.2, 0) is 11.2 Å². The Morgan fingerprint density at radius 1 is 1.44 bits per heavy atom. The summed E-state index contributed by atoms with van der Waals surface area (Å²) < 4.78 is 9.24. The highest BCUT2D eigenvalue weighted by molar-refractivity contribution is 7.99. The molecule has 2 aromatic rings. The van der Waals surface area contributed by atoms with Crippen molar-refractivity contribution in [1.82, 2.24) is 19.8 Å². The van der Waals surface area contributed by atoms with E-state index in [0.29, 0.717) is 5.89 Å². The molecule has 0 aromatic carbocycles. The first-order valence-corrected chi connectivity index (χ1v) is 6.96. The van der Waals surface area contributed by atoms with Crippen molar-refractivity contribution >= 4 is 29.3 Å². The second-order valence-corrected chi connectivity index (χ2v) is 5.04. The minimum absolute atomic E-state index is 0.107. The highest BCUT2D eigenvalue weighted by Crippen LogP contribution is 2.28. The summed E-state index contributed by atoms with van der Waals surface area (Å²) in [5, 5.41) is 20.5. The lowest BCUT2D eigenvalue weighted by Gasteiger charge is -1.93. The SMILES string of the molecule is CCCc1nnsc1-c1nnc(SCC(=O)O)o1. The van der Waals surface area contributed by atoms with E-state index in [0.717, 1.165) is 35.2 Å². The van der Waals surface area contributed by atoms with Crippen molar-refractivity contribution in [2.75, 3.05) is 5.75 Å². The van der Waals surface area contributed by atoms with E-state index in [4.69, 9.17) is 9.52 Å². The number of rotatable bonds is 6. The van der Waals surface area contributed by atoms with Crippen LogP contribution in [0.5, 0.6) is 0 Å². The average Bonchev–Trinajstić information content (AvgIpc) is 2.94. The molecule has 0 unspecified atom stereocenters. The van der Waals surface area contributed by atoms with Crippen LogP contribution < -0.4 is 0 Å². The zero-order chi connectivity index (χ0) is 13.0. The van der Waals surface area contributed by atoms with Gasteiger partial charge in [-0.15, -0.1) is 15.3 Å². The van der Waals surface area contributed by atoms with Gasteiger partial charge in [-0.1, -0.05) is 29.6 Å². The molecule has 9 heteroatoms. The molecule has 2 aromatic heterocycles. The molecule has 2 rings (SSSR count). The largest absolute Gasteiger partial charge is 0.481 e. The number of carbonyl (C=O) groups is 1. The Hall–Kier alpha value is -1.48. The van der Waals surface area contributed by atoms with Gasteiger partial charge in [0.05, 0.1) is 5.69 Å². The Kier molecular flexibility index (Phi) is 4.26. The van der Waals surface area contributed by atoms with Gasteiger partial charge >= 0.3 is 5.97 Å². The molecule has 0 saturated heterocycles. The van der Waals surface area contributed by atoms with Crippen molar-refractivity contribution < 1.29 is 14.3 Å². The summed E-state index contributed by atoms with van der Waals surface area (Å²) in [6, 6.07) is 0. The fourth-order valence-corrected chi connectivity index (χ4v) is 2.37. The van der Waals surface area contributed by atoms with Gasteiger partial charge < -0.3 is 9.52 Å². The van der Waals surface area contributed by atoms with E-state index < -0.39 is 5.97 Å². The topological polar surface area (TPSA) is 102 Å². The highest BCUT2D eigenvalue weighted by atomic mass is 32.2. The molecule has 2 heterocycles. The third-order valence-corrected chi connectivity index (χ3v) is 3.52. The molecule has 0 spiro atoms. The normalized spacial score (nSPS) is 10.7. The Morgan fingerprint density at radius 2 is 2.28 bits per heavy atom. The first-order chi connectivity index (χ1) is 8.70. The van der Waals surface area contributed by atoms with Gasteiger partial charge in [-0.05, 0) is 18.0 Å². The molecule has 0 aliphatic carbocycles. The van der Waals surface area contributed by atoms with E-state index in [1.54, 1.807) is 0 Å². The molecule has 0 amide bonds. The molecule has 0 radical (unpaired) electrons. The van der Waals surface area contributed by atoms with Crippen molar-refractivity contribution in [3.8, 4) is 10.8 Å². The molecule has 18 heavy (non-hydrogen) atoms. The lowest BCUT2D eigenvalue weighted by molar-refractivity contribution is -0.133. The maximum Gasteiger partial charge on any atom is 0.314 e. The number of hydrogen-bond acceptors (Lipinski definition) is 8. The van der Waals surface area contributed by atoms with Gasteiger partial charge in [-0.3, -0.25) is 4.79 Å². The lowest BCUT2D eigenvalue weighted by Crippen LogP contribution is -1.97. The van der Waals surface area contributed by atoms with Crippen LogP contribution in [0.2, 0.25) is 0 Å². The fraction of sp³-hybridized carbons (Fsp3) is 0.444. The molecule has 0 saturated carbocycles. The molecule has 96 valence electrons. The van der Waals surface area contributed by atoms with Crippen LogP contribution in [0.25, 0.3) is 10.8 Å². The standard InChI is InChI=1S/C9H10N4O3S2/c1-2-3-5-7(18-13-10-5)8-11-12-9(16-8)17-4-6(14)15/h2-4H2,1H3,(H,14,15). The zero-order valence-electron chi connectivity index (χ0n) is 9.49. The molecular formula is C9H10N4O3S2. The predicted molar refractivity (Wildman–Crippen MR) is 65.6 cm³/mol. The van der Waals surface area contributed by atoms with Crippen molar-refractivity contribution in [2.24, 2.45) is 0 Å².